The van der Waals surface area contributed by atoms with Gasteiger partial charge in [-0.15, -0.1) is 11.3 Å². The summed E-state index contributed by atoms with van der Waals surface area (Å²) in [4.78, 5) is 13.5. The van der Waals surface area contributed by atoms with E-state index in [9.17, 15) is 0 Å². The third kappa shape index (κ3) is 1.92. The fourth-order valence-corrected chi connectivity index (χ4v) is 3.48. The lowest BCUT2D eigenvalue weighted by Crippen LogP contribution is -2.21. The highest BCUT2D eigenvalue weighted by Crippen LogP contribution is 2.34. The molecule has 3 heterocycles. The maximum absolute atomic E-state index is 5.84. The lowest BCUT2D eigenvalue weighted by Gasteiger charge is -2.17. The van der Waals surface area contributed by atoms with Crippen molar-refractivity contribution in [1.29, 1.82) is 0 Å². The van der Waals surface area contributed by atoms with Crippen molar-refractivity contribution in [2.75, 3.05) is 23.7 Å². The van der Waals surface area contributed by atoms with Crippen molar-refractivity contribution in [3.63, 3.8) is 0 Å². The van der Waals surface area contributed by atoms with Crippen LogP contribution in [0.4, 0.5) is 11.8 Å². The number of nitrogens with zero attached hydrogens (tertiary/aromatic N) is 3. The number of nitrogens with two attached hydrogens (primary N) is 1. The molecule has 2 N–H and O–H groups in total. The van der Waals surface area contributed by atoms with Crippen LogP contribution in [0.3, 0.4) is 0 Å². The second-order valence-corrected chi connectivity index (χ2v) is 6.15. The average Bonchev–Trinajstić information content (AvgIpc) is 2.93. The summed E-state index contributed by atoms with van der Waals surface area (Å²) in [6.07, 6.45) is 2.27. The van der Waals surface area contributed by atoms with E-state index < -0.39 is 0 Å². The Morgan fingerprint density at radius 3 is 3.00 bits per heavy atom. The summed E-state index contributed by atoms with van der Waals surface area (Å²) in [7, 11) is 0. The number of aryl methyl sites for hydroxylation is 1. The van der Waals surface area contributed by atoms with E-state index in [0.717, 1.165) is 36.1 Å². The fraction of sp³-hybridized carbons (Fsp3) is 0.538. The summed E-state index contributed by atoms with van der Waals surface area (Å²) in [6.45, 7) is 6.60. The van der Waals surface area contributed by atoms with Gasteiger partial charge in [-0.05, 0) is 24.8 Å². The molecule has 0 radical (unpaired) electrons. The minimum atomic E-state index is 0.390. The van der Waals surface area contributed by atoms with Gasteiger partial charge < -0.3 is 10.6 Å². The Labute approximate surface area is 111 Å². The Kier molecular flexibility index (Phi) is 2.86. The van der Waals surface area contributed by atoms with Crippen LogP contribution in [0.2, 0.25) is 0 Å². The zero-order chi connectivity index (χ0) is 12.7. The van der Waals surface area contributed by atoms with E-state index >= 15 is 0 Å². The summed E-state index contributed by atoms with van der Waals surface area (Å²) in [5, 5.41) is 1.17. The minimum Gasteiger partial charge on any atom is -0.368 e. The molecule has 4 nitrogen and oxygen atoms in total. The highest BCUT2D eigenvalue weighted by molar-refractivity contribution is 7.18. The maximum Gasteiger partial charge on any atom is 0.223 e. The first kappa shape index (κ1) is 11.7. The first-order chi connectivity index (χ1) is 8.67. The van der Waals surface area contributed by atoms with Crippen molar-refractivity contribution >= 4 is 33.3 Å². The molecule has 96 valence electrons. The maximum atomic E-state index is 5.84. The van der Waals surface area contributed by atoms with E-state index in [2.05, 4.69) is 34.8 Å². The van der Waals surface area contributed by atoms with Gasteiger partial charge >= 0.3 is 0 Å². The quantitative estimate of drug-likeness (QED) is 0.904. The van der Waals surface area contributed by atoms with Gasteiger partial charge in [-0.2, -0.15) is 4.98 Å². The zero-order valence-corrected chi connectivity index (χ0v) is 11.6. The predicted molar refractivity (Wildman–Crippen MR) is 77.2 cm³/mol. The molecule has 5 heteroatoms. The molecule has 1 fully saturated rings. The van der Waals surface area contributed by atoms with Gasteiger partial charge in [0.25, 0.3) is 0 Å². The summed E-state index contributed by atoms with van der Waals surface area (Å²) in [5.74, 6) is 2.15. The van der Waals surface area contributed by atoms with Crippen molar-refractivity contribution in [3.8, 4) is 0 Å². The monoisotopic (exact) mass is 262 g/mol. The van der Waals surface area contributed by atoms with E-state index in [1.165, 1.54) is 16.7 Å². The molecule has 1 atom stereocenters. The second-order valence-electron chi connectivity index (χ2n) is 5.03. The molecule has 1 aliphatic heterocycles. The Hall–Kier alpha value is -1.36. The van der Waals surface area contributed by atoms with Gasteiger partial charge in [0.1, 0.15) is 10.6 Å². The molecule has 0 bridgehead atoms. The number of aromatic nitrogens is 2. The van der Waals surface area contributed by atoms with Gasteiger partial charge in [-0.1, -0.05) is 13.8 Å². The molecule has 0 spiro atoms. The van der Waals surface area contributed by atoms with Crippen LogP contribution in [0.5, 0.6) is 0 Å². The normalized spacial score (nSPS) is 19.9. The van der Waals surface area contributed by atoms with Crippen molar-refractivity contribution < 1.29 is 0 Å². The molecule has 0 amide bonds. The van der Waals surface area contributed by atoms with Gasteiger partial charge in [-0.25, -0.2) is 4.98 Å². The lowest BCUT2D eigenvalue weighted by atomic mass is 10.2. The van der Waals surface area contributed by atoms with E-state index in [0.29, 0.717) is 5.95 Å². The Balaban J connectivity index is 2.11. The van der Waals surface area contributed by atoms with E-state index in [1.807, 2.05) is 0 Å². The molecule has 18 heavy (non-hydrogen) atoms. The van der Waals surface area contributed by atoms with Crippen LogP contribution >= 0.6 is 11.3 Å². The number of fused-ring (bicyclic) bond motifs is 1. The lowest BCUT2D eigenvalue weighted by molar-refractivity contribution is 0.659. The van der Waals surface area contributed by atoms with Crippen LogP contribution in [0.15, 0.2) is 6.07 Å². The fourth-order valence-electron chi connectivity index (χ4n) is 2.52. The van der Waals surface area contributed by atoms with Gasteiger partial charge in [0, 0.05) is 18.0 Å². The van der Waals surface area contributed by atoms with Crippen LogP contribution < -0.4 is 10.6 Å². The first-order valence-electron chi connectivity index (χ1n) is 6.48. The van der Waals surface area contributed by atoms with Crippen molar-refractivity contribution in [1.82, 2.24) is 9.97 Å². The van der Waals surface area contributed by atoms with Crippen LogP contribution in [0.1, 0.15) is 25.1 Å². The predicted octanol–water partition coefficient (Wildman–Crippen LogP) is 2.68. The number of rotatable bonds is 2. The molecule has 1 saturated heterocycles. The number of nitrogen functional groups attached to an aromatic ring is 1. The minimum absolute atomic E-state index is 0.390. The van der Waals surface area contributed by atoms with Crippen LogP contribution in [-0.2, 0) is 6.42 Å². The van der Waals surface area contributed by atoms with Gasteiger partial charge in [0.15, 0.2) is 0 Å². The van der Waals surface area contributed by atoms with Crippen LogP contribution in [-0.4, -0.2) is 23.1 Å². The molecule has 0 saturated carbocycles. The summed E-state index contributed by atoms with van der Waals surface area (Å²) < 4.78 is 0. The van der Waals surface area contributed by atoms with Crippen LogP contribution in [0, 0.1) is 5.92 Å². The molecule has 1 aliphatic rings. The average molecular weight is 262 g/mol. The highest BCUT2D eigenvalue weighted by Gasteiger charge is 2.23. The summed E-state index contributed by atoms with van der Waals surface area (Å²) >= 11 is 1.73. The van der Waals surface area contributed by atoms with E-state index in [1.54, 1.807) is 11.3 Å². The topological polar surface area (TPSA) is 55.0 Å². The Bertz CT molecular complexity index is 578. The van der Waals surface area contributed by atoms with Crippen molar-refractivity contribution in [3.05, 3.63) is 10.9 Å². The van der Waals surface area contributed by atoms with Gasteiger partial charge in [-0.3, -0.25) is 0 Å². The second kappa shape index (κ2) is 4.39. The smallest absolute Gasteiger partial charge is 0.223 e. The summed E-state index contributed by atoms with van der Waals surface area (Å²) in [6, 6.07) is 2.22. The molecule has 2 aromatic rings. The summed E-state index contributed by atoms with van der Waals surface area (Å²) in [5.41, 5.74) is 5.84. The Morgan fingerprint density at radius 1 is 1.50 bits per heavy atom. The molecular weight excluding hydrogens is 244 g/mol. The van der Waals surface area contributed by atoms with Crippen molar-refractivity contribution in [2.24, 2.45) is 5.92 Å². The molecule has 1 unspecified atom stereocenters. The van der Waals surface area contributed by atoms with Crippen LogP contribution in [0.25, 0.3) is 10.2 Å². The number of hydrogen-bond acceptors (Lipinski definition) is 5. The molecule has 0 aliphatic carbocycles. The van der Waals surface area contributed by atoms with Gasteiger partial charge in [0.2, 0.25) is 5.95 Å². The first-order valence-corrected chi connectivity index (χ1v) is 7.30. The molecule has 2 aromatic heterocycles. The van der Waals surface area contributed by atoms with E-state index in [-0.39, 0.29) is 0 Å². The number of anilines is 2. The SMILES string of the molecule is CCc1cc2c(N3CCC(C)C3)nc(N)nc2s1. The standard InChI is InChI=1S/C13H18N4S/c1-3-9-6-10-11(17-5-4-8(2)7-17)15-13(14)16-12(10)18-9/h6,8H,3-5,7H2,1-2H3,(H2,14,15,16). The number of hydrogen-bond donors (Lipinski definition) is 1. The largest absolute Gasteiger partial charge is 0.368 e. The zero-order valence-electron chi connectivity index (χ0n) is 10.8. The van der Waals surface area contributed by atoms with E-state index in [4.69, 9.17) is 5.73 Å². The molecule has 0 aromatic carbocycles. The third-order valence-electron chi connectivity index (χ3n) is 3.51. The number of thiophene rings is 1. The highest BCUT2D eigenvalue weighted by atomic mass is 32.1. The Morgan fingerprint density at radius 2 is 2.33 bits per heavy atom. The van der Waals surface area contributed by atoms with Gasteiger partial charge in [0.05, 0.1) is 5.39 Å². The third-order valence-corrected chi connectivity index (χ3v) is 4.69. The molecule has 3 rings (SSSR count). The van der Waals surface area contributed by atoms with Crippen molar-refractivity contribution in [2.45, 2.75) is 26.7 Å². The molecular formula is C13H18N4S.